The Balaban J connectivity index is 1.03. The minimum atomic E-state index is -0.599. The molecule has 4 aliphatic heterocycles. The molecule has 0 spiro atoms. The summed E-state index contributed by atoms with van der Waals surface area (Å²) in [7, 11) is 0. The van der Waals surface area contributed by atoms with E-state index in [1.807, 2.05) is 24.3 Å². The van der Waals surface area contributed by atoms with Crippen molar-refractivity contribution < 1.29 is 19.3 Å². The van der Waals surface area contributed by atoms with Gasteiger partial charge < -0.3 is 14.7 Å². The van der Waals surface area contributed by atoms with Gasteiger partial charge in [-0.1, -0.05) is 0 Å². The van der Waals surface area contributed by atoms with Crippen LogP contribution < -0.4 is 15.1 Å². The molecule has 6 rings (SSSR count). The van der Waals surface area contributed by atoms with Gasteiger partial charge in [0.1, 0.15) is 6.04 Å². The molecular formula is C26H28N6O5. The highest BCUT2D eigenvalue weighted by molar-refractivity contribution is 6.05. The van der Waals surface area contributed by atoms with Crippen molar-refractivity contribution in [2.45, 2.75) is 31.5 Å². The lowest BCUT2D eigenvalue weighted by Gasteiger charge is -2.49. The molecule has 0 aromatic heterocycles. The molecule has 0 bridgehead atoms. The van der Waals surface area contributed by atoms with Crippen LogP contribution in [0.2, 0.25) is 0 Å². The number of nitro benzene ring substituents is 1. The second kappa shape index (κ2) is 9.15. The Kier molecular flexibility index (Phi) is 5.79. The summed E-state index contributed by atoms with van der Waals surface area (Å²) in [6, 6.07) is 12.5. The number of carbonyl (C=O) groups excluding carboxylic acids is 3. The molecule has 2 aromatic rings. The van der Waals surface area contributed by atoms with Crippen molar-refractivity contribution in [1.82, 2.24) is 15.1 Å². The van der Waals surface area contributed by atoms with E-state index in [1.165, 1.54) is 0 Å². The SMILES string of the molecule is O=C1CCC(N2Cc3cc(N4CCN(C5CN(c6ccc([N+](=O)[O-])cc6)C5)CC4)ccc3C2=O)C(=O)N1. The van der Waals surface area contributed by atoms with Gasteiger partial charge in [-0.05, 0) is 42.3 Å². The van der Waals surface area contributed by atoms with E-state index >= 15 is 0 Å². The summed E-state index contributed by atoms with van der Waals surface area (Å²) in [5, 5.41) is 13.2. The maximum Gasteiger partial charge on any atom is 0.269 e. The number of nitrogens with zero attached hydrogens (tertiary/aromatic N) is 5. The Morgan fingerprint density at radius 1 is 0.892 bits per heavy atom. The molecule has 1 unspecified atom stereocenters. The van der Waals surface area contributed by atoms with Crippen LogP contribution in [-0.4, -0.2) is 83.8 Å². The van der Waals surface area contributed by atoms with Gasteiger partial charge in [0.15, 0.2) is 0 Å². The molecule has 0 radical (unpaired) electrons. The van der Waals surface area contributed by atoms with Gasteiger partial charge in [0.2, 0.25) is 11.8 Å². The van der Waals surface area contributed by atoms with Gasteiger partial charge in [-0.25, -0.2) is 0 Å². The van der Waals surface area contributed by atoms with Crippen LogP contribution in [0.3, 0.4) is 0 Å². The lowest BCUT2D eigenvalue weighted by atomic mass is 10.0. The summed E-state index contributed by atoms with van der Waals surface area (Å²) in [5.74, 6) is -0.826. The predicted molar refractivity (Wildman–Crippen MR) is 135 cm³/mol. The van der Waals surface area contributed by atoms with Crippen LogP contribution in [0.1, 0.15) is 28.8 Å². The average molecular weight is 505 g/mol. The number of carbonyl (C=O) groups is 3. The van der Waals surface area contributed by atoms with Gasteiger partial charge in [0.05, 0.1) is 4.92 Å². The summed E-state index contributed by atoms with van der Waals surface area (Å²) in [5.41, 5.74) is 3.76. The summed E-state index contributed by atoms with van der Waals surface area (Å²) in [6.45, 7) is 5.86. The first-order chi connectivity index (χ1) is 17.9. The quantitative estimate of drug-likeness (QED) is 0.368. The van der Waals surface area contributed by atoms with E-state index in [2.05, 4.69) is 26.1 Å². The number of nitrogens with one attached hydrogen (secondary N) is 1. The van der Waals surface area contributed by atoms with E-state index in [4.69, 9.17) is 0 Å². The van der Waals surface area contributed by atoms with Crippen LogP contribution in [0, 0.1) is 10.1 Å². The van der Waals surface area contributed by atoms with E-state index in [9.17, 15) is 24.5 Å². The number of amides is 3. The second-order valence-corrected chi connectivity index (χ2v) is 10.1. The largest absolute Gasteiger partial charge is 0.369 e. The van der Waals surface area contributed by atoms with Crippen molar-refractivity contribution in [3.05, 3.63) is 63.7 Å². The molecule has 2 aromatic carbocycles. The van der Waals surface area contributed by atoms with Gasteiger partial charge in [-0.2, -0.15) is 0 Å². The Morgan fingerprint density at radius 2 is 1.59 bits per heavy atom. The highest BCUT2D eigenvalue weighted by Gasteiger charge is 2.39. The molecule has 3 saturated heterocycles. The number of anilines is 2. The van der Waals surface area contributed by atoms with Crippen LogP contribution in [0.4, 0.5) is 17.1 Å². The summed E-state index contributed by atoms with van der Waals surface area (Å²) < 4.78 is 0. The van der Waals surface area contributed by atoms with E-state index in [1.54, 1.807) is 17.0 Å². The smallest absolute Gasteiger partial charge is 0.269 e. The molecule has 37 heavy (non-hydrogen) atoms. The van der Waals surface area contributed by atoms with Crippen LogP contribution in [0.15, 0.2) is 42.5 Å². The van der Waals surface area contributed by atoms with Crippen molar-refractivity contribution in [3.8, 4) is 0 Å². The molecule has 4 heterocycles. The summed E-state index contributed by atoms with van der Waals surface area (Å²) >= 11 is 0. The van der Waals surface area contributed by atoms with Crippen molar-refractivity contribution in [3.63, 3.8) is 0 Å². The fourth-order valence-corrected chi connectivity index (χ4v) is 5.79. The molecule has 11 heteroatoms. The van der Waals surface area contributed by atoms with E-state index < -0.39 is 11.9 Å². The maximum atomic E-state index is 13.0. The molecule has 3 amide bonds. The number of rotatable bonds is 5. The Morgan fingerprint density at radius 3 is 2.27 bits per heavy atom. The number of benzene rings is 2. The number of fused-ring (bicyclic) bond motifs is 1. The zero-order chi connectivity index (χ0) is 25.7. The molecule has 192 valence electrons. The first-order valence-electron chi connectivity index (χ1n) is 12.6. The number of hydrogen-bond donors (Lipinski definition) is 1. The van der Waals surface area contributed by atoms with Crippen molar-refractivity contribution in [2.24, 2.45) is 0 Å². The van der Waals surface area contributed by atoms with Gasteiger partial charge in [0, 0.05) is 87.3 Å². The molecular weight excluding hydrogens is 476 g/mol. The number of nitro groups is 1. The van der Waals surface area contributed by atoms with Crippen LogP contribution in [0.5, 0.6) is 0 Å². The molecule has 1 atom stereocenters. The Labute approximate surface area is 213 Å². The molecule has 1 N–H and O–H groups in total. The Bertz CT molecular complexity index is 1270. The number of non-ortho nitro benzene ring substituents is 1. The van der Waals surface area contributed by atoms with Gasteiger partial charge in [-0.15, -0.1) is 0 Å². The van der Waals surface area contributed by atoms with Crippen molar-refractivity contribution in [2.75, 3.05) is 49.1 Å². The van der Waals surface area contributed by atoms with E-state index in [0.717, 1.165) is 56.2 Å². The van der Waals surface area contributed by atoms with Crippen molar-refractivity contribution in [1.29, 1.82) is 0 Å². The molecule has 0 aliphatic carbocycles. The molecule has 11 nitrogen and oxygen atoms in total. The summed E-state index contributed by atoms with van der Waals surface area (Å²) in [6.07, 6.45) is 0.612. The van der Waals surface area contributed by atoms with E-state index in [-0.39, 0.29) is 28.8 Å². The fraction of sp³-hybridized carbons (Fsp3) is 0.423. The van der Waals surface area contributed by atoms with E-state index in [0.29, 0.717) is 24.6 Å². The maximum absolute atomic E-state index is 13.0. The minimum Gasteiger partial charge on any atom is -0.369 e. The summed E-state index contributed by atoms with van der Waals surface area (Å²) in [4.78, 5) is 55.9. The average Bonchev–Trinajstić information content (AvgIpc) is 3.19. The van der Waals surface area contributed by atoms with Crippen molar-refractivity contribution >= 4 is 34.8 Å². The van der Waals surface area contributed by atoms with Gasteiger partial charge >= 0.3 is 0 Å². The number of piperazine rings is 1. The lowest BCUT2D eigenvalue weighted by Crippen LogP contribution is -2.63. The third kappa shape index (κ3) is 4.29. The topological polar surface area (TPSA) is 119 Å². The first kappa shape index (κ1) is 23.4. The third-order valence-electron chi connectivity index (χ3n) is 7.99. The Hall–Kier alpha value is -3.99. The normalized spacial score (nSPS) is 22.6. The minimum absolute atomic E-state index is 0.108. The lowest BCUT2D eigenvalue weighted by molar-refractivity contribution is -0.384. The van der Waals surface area contributed by atoms with Crippen LogP contribution in [-0.2, 0) is 16.1 Å². The zero-order valence-corrected chi connectivity index (χ0v) is 20.3. The number of hydrogen-bond acceptors (Lipinski definition) is 8. The number of imide groups is 1. The zero-order valence-electron chi connectivity index (χ0n) is 20.3. The monoisotopic (exact) mass is 504 g/mol. The molecule has 3 fully saturated rings. The van der Waals surface area contributed by atoms with Gasteiger partial charge in [0.25, 0.3) is 11.6 Å². The highest BCUT2D eigenvalue weighted by Crippen LogP contribution is 2.32. The highest BCUT2D eigenvalue weighted by atomic mass is 16.6. The van der Waals surface area contributed by atoms with Gasteiger partial charge in [-0.3, -0.25) is 34.7 Å². The second-order valence-electron chi connectivity index (χ2n) is 10.1. The molecule has 4 aliphatic rings. The predicted octanol–water partition coefficient (Wildman–Crippen LogP) is 1.37. The fourth-order valence-electron chi connectivity index (χ4n) is 5.79. The van der Waals surface area contributed by atoms with Crippen LogP contribution >= 0.6 is 0 Å². The number of piperidine rings is 1. The third-order valence-corrected chi connectivity index (χ3v) is 7.99. The van der Waals surface area contributed by atoms with Crippen LogP contribution in [0.25, 0.3) is 0 Å². The molecule has 0 saturated carbocycles. The standard InChI is InChI=1S/C26H28N6O5/c33-24-8-7-23(25(34)27-24)31-14-17-13-20(5-6-22(17)26(31)35)28-9-11-29(12-10-28)21-15-30(16-21)18-1-3-19(4-2-18)32(36)37/h1-6,13,21,23H,7-12,14-16H2,(H,27,33,34). The first-order valence-corrected chi connectivity index (χ1v) is 12.6.